The van der Waals surface area contributed by atoms with Crippen LogP contribution in [0.15, 0.2) is 15.7 Å². The molecular formula is C10H17N3O2. The van der Waals surface area contributed by atoms with Gasteiger partial charge in [-0.25, -0.2) is 4.79 Å². The Morgan fingerprint density at radius 3 is 2.20 bits per heavy atom. The highest BCUT2D eigenvalue weighted by Gasteiger charge is 2.15. The number of nitrogens with zero attached hydrogens (tertiary/aromatic N) is 2. The molecule has 0 fully saturated rings. The normalized spacial score (nSPS) is 13.2. The minimum atomic E-state index is -0.339. The van der Waals surface area contributed by atoms with E-state index in [1.165, 1.54) is 17.7 Å². The summed E-state index contributed by atoms with van der Waals surface area (Å²) in [6, 6.07) is 1.13. The molecule has 84 valence electrons. The van der Waals surface area contributed by atoms with E-state index >= 15 is 0 Å². The Morgan fingerprint density at radius 2 is 1.73 bits per heavy atom. The van der Waals surface area contributed by atoms with Crippen LogP contribution in [0.25, 0.3) is 0 Å². The lowest BCUT2D eigenvalue weighted by molar-refractivity contribution is 0.473. The number of aromatic nitrogens is 2. The molecule has 1 atom stereocenters. The minimum Gasteiger partial charge on any atom is -0.323 e. The lowest BCUT2D eigenvalue weighted by Crippen LogP contribution is -2.40. The van der Waals surface area contributed by atoms with Crippen LogP contribution in [0.1, 0.15) is 25.6 Å². The molecule has 1 heterocycles. The van der Waals surface area contributed by atoms with Gasteiger partial charge in [-0.2, -0.15) is 0 Å². The molecule has 0 saturated carbocycles. The van der Waals surface area contributed by atoms with Crippen molar-refractivity contribution >= 4 is 0 Å². The summed E-state index contributed by atoms with van der Waals surface area (Å²) in [7, 11) is 3.08. The first kappa shape index (κ1) is 11.7. The topological polar surface area (TPSA) is 70.0 Å². The zero-order valence-electron chi connectivity index (χ0n) is 9.52. The zero-order valence-corrected chi connectivity index (χ0v) is 9.52. The van der Waals surface area contributed by atoms with Crippen molar-refractivity contribution < 1.29 is 0 Å². The Bertz CT molecular complexity index is 471. The van der Waals surface area contributed by atoms with Crippen molar-refractivity contribution in [3.63, 3.8) is 0 Å². The Hall–Kier alpha value is -1.36. The molecule has 1 aromatic heterocycles. The van der Waals surface area contributed by atoms with Crippen molar-refractivity contribution in [1.82, 2.24) is 9.13 Å². The van der Waals surface area contributed by atoms with E-state index in [2.05, 4.69) is 0 Å². The number of hydrogen-bond donors (Lipinski definition) is 1. The van der Waals surface area contributed by atoms with Gasteiger partial charge in [-0.1, -0.05) is 13.8 Å². The maximum atomic E-state index is 11.6. The molecule has 2 N–H and O–H groups in total. The summed E-state index contributed by atoms with van der Waals surface area (Å²) in [6.07, 6.45) is 0. The van der Waals surface area contributed by atoms with Gasteiger partial charge in [0.1, 0.15) is 0 Å². The fraction of sp³-hybridized carbons (Fsp3) is 0.600. The summed E-state index contributed by atoms with van der Waals surface area (Å²) in [4.78, 5) is 23.0. The van der Waals surface area contributed by atoms with Crippen molar-refractivity contribution in [2.75, 3.05) is 0 Å². The van der Waals surface area contributed by atoms with Gasteiger partial charge in [-0.15, -0.1) is 0 Å². The molecule has 0 unspecified atom stereocenters. The van der Waals surface area contributed by atoms with Gasteiger partial charge < -0.3 is 5.73 Å². The maximum absolute atomic E-state index is 11.6. The van der Waals surface area contributed by atoms with E-state index in [9.17, 15) is 9.59 Å². The second-order valence-corrected chi connectivity index (χ2v) is 4.08. The fourth-order valence-electron chi connectivity index (χ4n) is 1.41. The van der Waals surface area contributed by atoms with Crippen LogP contribution >= 0.6 is 0 Å². The largest absolute Gasteiger partial charge is 0.330 e. The van der Waals surface area contributed by atoms with E-state index < -0.39 is 0 Å². The Kier molecular flexibility index (Phi) is 3.14. The zero-order chi connectivity index (χ0) is 11.7. The summed E-state index contributed by atoms with van der Waals surface area (Å²) in [5.74, 6) is 0.183. The van der Waals surface area contributed by atoms with Crippen LogP contribution in [0.4, 0.5) is 0 Å². The van der Waals surface area contributed by atoms with Gasteiger partial charge in [0.2, 0.25) is 0 Å². The molecule has 1 rings (SSSR count). The molecule has 0 aliphatic rings. The molecule has 0 spiro atoms. The Balaban J connectivity index is 3.46. The van der Waals surface area contributed by atoms with Crippen LogP contribution in [-0.2, 0) is 14.1 Å². The van der Waals surface area contributed by atoms with Crippen molar-refractivity contribution in [2.45, 2.75) is 19.9 Å². The standard InChI is InChI=1S/C10H17N3O2/c1-6(2)9(11)7-5-8(14)13(4)10(15)12(7)3/h5-6,9H,11H2,1-4H3/t9-/m0/s1. The molecular weight excluding hydrogens is 194 g/mol. The highest BCUT2D eigenvalue weighted by atomic mass is 16.2. The highest BCUT2D eigenvalue weighted by Crippen LogP contribution is 2.15. The second-order valence-electron chi connectivity index (χ2n) is 4.08. The third kappa shape index (κ3) is 2.02. The number of hydrogen-bond acceptors (Lipinski definition) is 3. The molecule has 0 radical (unpaired) electrons. The van der Waals surface area contributed by atoms with Crippen LogP contribution in [0, 0.1) is 5.92 Å². The lowest BCUT2D eigenvalue weighted by Gasteiger charge is -2.19. The Morgan fingerprint density at radius 1 is 1.20 bits per heavy atom. The van der Waals surface area contributed by atoms with E-state index in [-0.39, 0.29) is 23.2 Å². The molecule has 0 aromatic carbocycles. The van der Waals surface area contributed by atoms with Crippen LogP contribution in [0.2, 0.25) is 0 Å². The third-order valence-corrected chi connectivity index (χ3v) is 2.62. The molecule has 0 aliphatic carbocycles. The first-order valence-corrected chi connectivity index (χ1v) is 4.88. The van der Waals surface area contributed by atoms with E-state index in [0.717, 1.165) is 4.57 Å². The summed E-state index contributed by atoms with van der Waals surface area (Å²) >= 11 is 0. The van der Waals surface area contributed by atoms with Gasteiger partial charge in [0, 0.05) is 31.9 Å². The van der Waals surface area contributed by atoms with Gasteiger partial charge in [0.15, 0.2) is 0 Å². The smallest absolute Gasteiger partial charge is 0.323 e. The second kappa shape index (κ2) is 4.02. The maximum Gasteiger partial charge on any atom is 0.330 e. The van der Waals surface area contributed by atoms with Crippen molar-refractivity contribution in [3.05, 3.63) is 32.6 Å². The molecule has 1 aromatic rings. The highest BCUT2D eigenvalue weighted by molar-refractivity contribution is 5.08. The number of nitrogens with two attached hydrogens (primary N) is 1. The first-order valence-electron chi connectivity index (χ1n) is 4.88. The fourth-order valence-corrected chi connectivity index (χ4v) is 1.41. The van der Waals surface area contributed by atoms with E-state index in [0.29, 0.717) is 5.69 Å². The van der Waals surface area contributed by atoms with Crippen LogP contribution in [0.5, 0.6) is 0 Å². The SMILES string of the molecule is CC(C)[C@H](N)c1cc(=O)n(C)c(=O)n1C. The summed E-state index contributed by atoms with van der Waals surface area (Å²) in [5, 5.41) is 0. The summed E-state index contributed by atoms with van der Waals surface area (Å²) in [6.45, 7) is 3.90. The van der Waals surface area contributed by atoms with E-state index in [4.69, 9.17) is 5.73 Å². The van der Waals surface area contributed by atoms with Crippen LogP contribution in [0.3, 0.4) is 0 Å². The van der Waals surface area contributed by atoms with Gasteiger partial charge in [-0.05, 0) is 5.92 Å². The van der Waals surface area contributed by atoms with Gasteiger partial charge in [-0.3, -0.25) is 13.9 Å². The van der Waals surface area contributed by atoms with Crippen LogP contribution in [-0.4, -0.2) is 9.13 Å². The minimum absolute atomic E-state index is 0.183. The quantitative estimate of drug-likeness (QED) is 0.732. The van der Waals surface area contributed by atoms with Crippen LogP contribution < -0.4 is 17.0 Å². The summed E-state index contributed by atoms with van der Waals surface area (Å²) in [5.41, 5.74) is 5.85. The molecule has 5 heteroatoms. The van der Waals surface area contributed by atoms with Crippen molar-refractivity contribution in [3.8, 4) is 0 Å². The molecule has 0 amide bonds. The average Bonchev–Trinajstić information content (AvgIpc) is 2.19. The molecule has 0 aliphatic heterocycles. The Labute approximate surface area is 88.1 Å². The monoisotopic (exact) mass is 211 g/mol. The van der Waals surface area contributed by atoms with E-state index in [1.807, 2.05) is 13.8 Å². The van der Waals surface area contributed by atoms with E-state index in [1.54, 1.807) is 7.05 Å². The average molecular weight is 211 g/mol. The van der Waals surface area contributed by atoms with Gasteiger partial charge in [0.25, 0.3) is 5.56 Å². The van der Waals surface area contributed by atoms with Crippen molar-refractivity contribution in [2.24, 2.45) is 25.7 Å². The van der Waals surface area contributed by atoms with Gasteiger partial charge >= 0.3 is 5.69 Å². The van der Waals surface area contributed by atoms with Crippen molar-refractivity contribution in [1.29, 1.82) is 0 Å². The molecule has 0 saturated heterocycles. The molecule has 0 bridgehead atoms. The lowest BCUT2D eigenvalue weighted by atomic mass is 10.0. The third-order valence-electron chi connectivity index (χ3n) is 2.62. The van der Waals surface area contributed by atoms with Gasteiger partial charge in [0.05, 0.1) is 0 Å². The molecule has 15 heavy (non-hydrogen) atoms. The summed E-state index contributed by atoms with van der Waals surface area (Å²) < 4.78 is 2.49. The molecule has 5 nitrogen and oxygen atoms in total. The first-order chi connectivity index (χ1) is 6.86. The number of rotatable bonds is 2. The predicted molar refractivity (Wildman–Crippen MR) is 58.7 cm³/mol. The predicted octanol–water partition coefficient (Wildman–Crippen LogP) is -0.260.